The van der Waals surface area contributed by atoms with Crippen LogP contribution < -0.4 is 15.5 Å². The van der Waals surface area contributed by atoms with E-state index < -0.39 is 0 Å². The molecule has 0 aliphatic carbocycles. The third-order valence-electron chi connectivity index (χ3n) is 3.17. The Labute approximate surface area is 150 Å². The van der Waals surface area contributed by atoms with Crippen molar-refractivity contribution in [2.45, 2.75) is 13.8 Å². The van der Waals surface area contributed by atoms with Gasteiger partial charge in [-0.25, -0.2) is 5.43 Å². The van der Waals surface area contributed by atoms with E-state index in [2.05, 4.69) is 31.8 Å². The van der Waals surface area contributed by atoms with E-state index in [0.717, 1.165) is 21.5 Å². The molecule has 1 amide bonds. The zero-order valence-electron chi connectivity index (χ0n) is 13.7. The molecular formula is C18H20BrN3O2. The monoisotopic (exact) mass is 389 g/mol. The first-order valence-electron chi connectivity index (χ1n) is 7.63. The summed E-state index contributed by atoms with van der Waals surface area (Å²) in [7, 11) is 0. The summed E-state index contributed by atoms with van der Waals surface area (Å²) in [6.45, 7) is 4.65. The van der Waals surface area contributed by atoms with Crippen LogP contribution in [-0.2, 0) is 4.79 Å². The summed E-state index contributed by atoms with van der Waals surface area (Å²) in [5, 5.41) is 7.03. The Bertz CT molecular complexity index is 715. The van der Waals surface area contributed by atoms with Crippen molar-refractivity contribution in [1.82, 2.24) is 5.43 Å². The maximum atomic E-state index is 11.8. The van der Waals surface area contributed by atoms with Crippen LogP contribution in [0.15, 0.2) is 52.0 Å². The first kappa shape index (κ1) is 18.0. The fourth-order valence-corrected chi connectivity index (χ4v) is 2.35. The van der Waals surface area contributed by atoms with Gasteiger partial charge in [0.2, 0.25) is 0 Å². The summed E-state index contributed by atoms with van der Waals surface area (Å²) in [6, 6.07) is 13.5. The maximum absolute atomic E-state index is 11.8. The lowest BCUT2D eigenvalue weighted by atomic mass is 10.2. The van der Waals surface area contributed by atoms with Gasteiger partial charge in [-0.3, -0.25) is 4.79 Å². The summed E-state index contributed by atoms with van der Waals surface area (Å²) in [5.41, 5.74) is 5.36. The van der Waals surface area contributed by atoms with Gasteiger partial charge in [-0.05, 0) is 44.2 Å². The smallest absolute Gasteiger partial charge is 0.259 e. The quantitative estimate of drug-likeness (QED) is 0.560. The van der Waals surface area contributed by atoms with Crippen molar-refractivity contribution in [2.24, 2.45) is 5.10 Å². The van der Waals surface area contributed by atoms with Crippen LogP contribution in [0, 0.1) is 6.92 Å². The summed E-state index contributed by atoms with van der Waals surface area (Å²) >= 11 is 3.41. The molecule has 2 N–H and O–H groups in total. The van der Waals surface area contributed by atoms with E-state index in [1.165, 1.54) is 5.56 Å². The Morgan fingerprint density at radius 1 is 1.25 bits per heavy atom. The number of rotatable bonds is 7. The highest BCUT2D eigenvalue weighted by atomic mass is 79.9. The van der Waals surface area contributed by atoms with Crippen molar-refractivity contribution in [3.05, 3.63) is 58.1 Å². The molecule has 0 spiro atoms. The number of halogens is 1. The van der Waals surface area contributed by atoms with Gasteiger partial charge in [0.25, 0.3) is 5.91 Å². The molecule has 6 heteroatoms. The molecule has 0 heterocycles. The van der Waals surface area contributed by atoms with Gasteiger partial charge < -0.3 is 10.1 Å². The molecule has 0 aromatic heterocycles. The van der Waals surface area contributed by atoms with E-state index in [4.69, 9.17) is 4.74 Å². The minimum absolute atomic E-state index is 0.150. The van der Waals surface area contributed by atoms with Gasteiger partial charge in [0, 0.05) is 15.7 Å². The Kier molecular flexibility index (Phi) is 6.81. The molecule has 0 atom stereocenters. The zero-order valence-corrected chi connectivity index (χ0v) is 15.3. The summed E-state index contributed by atoms with van der Waals surface area (Å²) in [5.74, 6) is 0.497. The molecule has 5 nitrogen and oxygen atoms in total. The van der Waals surface area contributed by atoms with Crippen LogP contribution >= 0.6 is 15.9 Å². The van der Waals surface area contributed by atoms with Crippen molar-refractivity contribution < 1.29 is 9.53 Å². The molecule has 0 radical (unpaired) electrons. The highest BCUT2D eigenvalue weighted by molar-refractivity contribution is 9.10. The van der Waals surface area contributed by atoms with Crippen molar-refractivity contribution in [2.75, 3.05) is 18.5 Å². The minimum Gasteiger partial charge on any atom is -0.493 e. The van der Waals surface area contributed by atoms with Gasteiger partial charge in [-0.15, -0.1) is 0 Å². The van der Waals surface area contributed by atoms with Crippen LogP contribution in [0.3, 0.4) is 0 Å². The molecule has 2 aromatic rings. The van der Waals surface area contributed by atoms with Crippen molar-refractivity contribution in [3.8, 4) is 5.75 Å². The molecular weight excluding hydrogens is 370 g/mol. The highest BCUT2D eigenvalue weighted by Crippen LogP contribution is 2.21. The molecule has 0 aliphatic heterocycles. The fourth-order valence-electron chi connectivity index (χ4n) is 1.97. The molecule has 0 bridgehead atoms. The molecule has 2 aromatic carbocycles. The van der Waals surface area contributed by atoms with Crippen LogP contribution in [0.2, 0.25) is 0 Å². The summed E-state index contributed by atoms with van der Waals surface area (Å²) < 4.78 is 6.44. The number of hydrogen-bond acceptors (Lipinski definition) is 4. The molecule has 126 valence electrons. The second kappa shape index (κ2) is 9.08. The molecule has 0 saturated carbocycles. The minimum atomic E-state index is -0.222. The molecule has 24 heavy (non-hydrogen) atoms. The normalized spacial score (nSPS) is 10.6. The SMILES string of the molecule is CCOc1ccc(Br)cc1/C=N/NC(=O)CNc1ccc(C)cc1. The number of amides is 1. The average molecular weight is 390 g/mol. The van der Waals surface area contributed by atoms with Crippen LogP contribution in [0.5, 0.6) is 5.75 Å². The summed E-state index contributed by atoms with van der Waals surface area (Å²) in [6.07, 6.45) is 1.57. The first-order valence-corrected chi connectivity index (χ1v) is 8.42. The van der Waals surface area contributed by atoms with Crippen LogP contribution in [0.25, 0.3) is 0 Å². The fraction of sp³-hybridized carbons (Fsp3) is 0.222. The number of hydrogen-bond donors (Lipinski definition) is 2. The van der Waals surface area contributed by atoms with Gasteiger partial charge in [0.1, 0.15) is 5.75 Å². The van der Waals surface area contributed by atoms with Crippen LogP contribution in [0.4, 0.5) is 5.69 Å². The highest BCUT2D eigenvalue weighted by Gasteiger charge is 2.03. The van der Waals surface area contributed by atoms with Gasteiger partial charge in [-0.1, -0.05) is 33.6 Å². The van der Waals surface area contributed by atoms with Crippen LogP contribution in [0.1, 0.15) is 18.1 Å². The molecule has 0 unspecified atom stereocenters. The number of aryl methyl sites for hydroxylation is 1. The topological polar surface area (TPSA) is 62.7 Å². The second-order valence-corrected chi connectivity index (χ2v) is 6.04. The number of ether oxygens (including phenoxy) is 1. The van der Waals surface area contributed by atoms with Gasteiger partial charge in [0.15, 0.2) is 0 Å². The average Bonchev–Trinajstić information content (AvgIpc) is 2.57. The Morgan fingerprint density at radius 2 is 2.00 bits per heavy atom. The Balaban J connectivity index is 1.88. The first-order chi connectivity index (χ1) is 11.6. The lowest BCUT2D eigenvalue weighted by Gasteiger charge is -2.07. The van der Waals surface area contributed by atoms with E-state index in [1.54, 1.807) is 6.21 Å². The van der Waals surface area contributed by atoms with E-state index in [0.29, 0.717) is 6.61 Å². The number of hydrazone groups is 1. The van der Waals surface area contributed by atoms with Gasteiger partial charge in [0.05, 0.1) is 19.4 Å². The predicted octanol–water partition coefficient (Wildman–Crippen LogP) is 3.72. The third-order valence-corrected chi connectivity index (χ3v) is 3.66. The van der Waals surface area contributed by atoms with Crippen molar-refractivity contribution in [3.63, 3.8) is 0 Å². The Morgan fingerprint density at radius 3 is 2.71 bits per heavy atom. The molecule has 0 fully saturated rings. The number of benzene rings is 2. The van der Waals surface area contributed by atoms with E-state index in [1.807, 2.05) is 56.3 Å². The zero-order chi connectivity index (χ0) is 17.4. The number of anilines is 1. The number of nitrogens with one attached hydrogen (secondary N) is 2. The lowest BCUT2D eigenvalue weighted by Crippen LogP contribution is -2.25. The number of carbonyl (C=O) groups is 1. The van der Waals surface area contributed by atoms with E-state index >= 15 is 0 Å². The standard InChI is InChI=1S/C18H20BrN3O2/c1-3-24-17-9-6-15(19)10-14(17)11-21-22-18(23)12-20-16-7-4-13(2)5-8-16/h4-11,20H,3,12H2,1-2H3,(H,22,23)/b21-11+. The largest absolute Gasteiger partial charge is 0.493 e. The van der Waals surface area contributed by atoms with E-state index in [-0.39, 0.29) is 12.5 Å². The lowest BCUT2D eigenvalue weighted by molar-refractivity contribution is -0.119. The van der Waals surface area contributed by atoms with Crippen molar-refractivity contribution >= 4 is 33.7 Å². The summed E-state index contributed by atoms with van der Waals surface area (Å²) in [4.78, 5) is 11.8. The number of carbonyl (C=O) groups excluding carboxylic acids is 1. The van der Waals surface area contributed by atoms with Crippen molar-refractivity contribution in [1.29, 1.82) is 0 Å². The van der Waals surface area contributed by atoms with Gasteiger partial charge in [-0.2, -0.15) is 5.10 Å². The van der Waals surface area contributed by atoms with Gasteiger partial charge >= 0.3 is 0 Å². The van der Waals surface area contributed by atoms with E-state index in [9.17, 15) is 4.79 Å². The van der Waals surface area contributed by atoms with Crippen LogP contribution in [-0.4, -0.2) is 25.3 Å². The predicted molar refractivity (Wildman–Crippen MR) is 101 cm³/mol. The molecule has 0 saturated heterocycles. The number of nitrogens with zero attached hydrogens (tertiary/aromatic N) is 1. The molecule has 0 aliphatic rings. The Hall–Kier alpha value is -2.34. The second-order valence-electron chi connectivity index (χ2n) is 5.13. The third kappa shape index (κ3) is 5.70. The molecule has 2 rings (SSSR count). The maximum Gasteiger partial charge on any atom is 0.259 e.